The summed E-state index contributed by atoms with van der Waals surface area (Å²) in [5, 5.41) is 14.2. The number of benzene rings is 1. The van der Waals surface area contributed by atoms with Crippen LogP contribution in [0.15, 0.2) is 34.5 Å². The summed E-state index contributed by atoms with van der Waals surface area (Å²) in [6, 6.07) is 7.46. The van der Waals surface area contributed by atoms with E-state index in [1.807, 2.05) is 0 Å². The molecule has 0 saturated heterocycles. The highest BCUT2D eigenvalue weighted by Gasteiger charge is 2.23. The number of anilines is 1. The zero-order chi connectivity index (χ0) is 20.2. The second-order valence-corrected chi connectivity index (χ2v) is 9.04. The van der Waals surface area contributed by atoms with Crippen molar-refractivity contribution in [1.29, 1.82) is 0 Å². The van der Waals surface area contributed by atoms with Gasteiger partial charge in [0, 0.05) is 36.1 Å². The molecule has 0 bridgehead atoms. The Balaban J connectivity index is 2.20. The minimum atomic E-state index is -3.52. The van der Waals surface area contributed by atoms with Crippen LogP contribution >= 0.6 is 11.3 Å². The monoisotopic (exact) mass is 411 g/mol. The van der Waals surface area contributed by atoms with Gasteiger partial charge in [-0.05, 0) is 31.2 Å². The summed E-state index contributed by atoms with van der Waals surface area (Å²) in [6.07, 6.45) is 0. The van der Waals surface area contributed by atoms with Crippen LogP contribution < -0.4 is 5.32 Å². The fraction of sp³-hybridized carbons (Fsp3) is 0.353. The van der Waals surface area contributed by atoms with E-state index in [-0.39, 0.29) is 33.5 Å². The van der Waals surface area contributed by atoms with Crippen molar-refractivity contribution in [3.8, 4) is 0 Å². The number of nitro groups is 1. The Morgan fingerprint density at radius 1 is 1.22 bits per heavy atom. The van der Waals surface area contributed by atoms with Crippen molar-refractivity contribution in [2.75, 3.05) is 18.4 Å². The maximum atomic E-state index is 12.5. The van der Waals surface area contributed by atoms with E-state index in [2.05, 4.69) is 5.32 Å². The molecule has 2 aromatic rings. The Morgan fingerprint density at radius 2 is 1.89 bits per heavy atom. The summed E-state index contributed by atoms with van der Waals surface area (Å²) >= 11 is 1.12. The van der Waals surface area contributed by atoms with E-state index in [9.17, 15) is 23.3 Å². The number of sulfonamides is 1. The van der Waals surface area contributed by atoms with Gasteiger partial charge in [0.05, 0.1) is 4.92 Å². The molecule has 0 aliphatic rings. The molecule has 0 aliphatic carbocycles. The van der Waals surface area contributed by atoms with Gasteiger partial charge in [0.2, 0.25) is 0 Å². The van der Waals surface area contributed by atoms with Crippen LogP contribution in [0.3, 0.4) is 0 Å². The number of hydrogen-bond acceptors (Lipinski definition) is 7. The lowest BCUT2D eigenvalue weighted by molar-refractivity contribution is -0.384. The largest absolute Gasteiger partial charge is 0.375 e. The van der Waals surface area contributed by atoms with Gasteiger partial charge in [-0.1, -0.05) is 13.8 Å². The Bertz CT molecular complexity index is 949. The molecule has 1 N–H and O–H groups in total. The number of Topliss-reactive ketones (excluding diaryl/α,β-unsaturated/α-hetero) is 1. The van der Waals surface area contributed by atoms with Crippen molar-refractivity contribution in [2.45, 2.75) is 31.5 Å². The number of rotatable bonds is 9. The number of nitrogens with zero attached hydrogens (tertiary/aromatic N) is 2. The van der Waals surface area contributed by atoms with Crippen molar-refractivity contribution in [2.24, 2.45) is 0 Å². The molecule has 0 radical (unpaired) electrons. The van der Waals surface area contributed by atoms with Crippen LogP contribution in [0.5, 0.6) is 0 Å². The molecule has 1 heterocycles. The first kappa shape index (κ1) is 21.0. The van der Waals surface area contributed by atoms with Gasteiger partial charge in [-0.3, -0.25) is 14.9 Å². The van der Waals surface area contributed by atoms with Gasteiger partial charge in [0.25, 0.3) is 15.7 Å². The molecule has 1 aromatic carbocycles. The predicted octanol–water partition coefficient (Wildman–Crippen LogP) is 3.50. The van der Waals surface area contributed by atoms with Gasteiger partial charge in [-0.2, -0.15) is 4.31 Å². The molecule has 0 unspecified atom stereocenters. The van der Waals surface area contributed by atoms with Crippen LogP contribution in [0, 0.1) is 10.1 Å². The van der Waals surface area contributed by atoms with E-state index in [4.69, 9.17) is 0 Å². The Labute approximate surface area is 162 Å². The lowest BCUT2D eigenvalue weighted by Gasteiger charge is -2.16. The fourth-order valence-corrected chi connectivity index (χ4v) is 5.42. The maximum absolute atomic E-state index is 12.5. The molecule has 27 heavy (non-hydrogen) atoms. The van der Waals surface area contributed by atoms with Gasteiger partial charge in [0.15, 0.2) is 5.78 Å². The Hall–Kier alpha value is -2.30. The molecule has 0 atom stereocenters. The number of carbonyl (C=O) groups excluding carboxylic acids is 1. The minimum absolute atomic E-state index is 0.199. The molecule has 146 valence electrons. The van der Waals surface area contributed by atoms with Crippen molar-refractivity contribution in [3.63, 3.8) is 0 Å². The number of hydrogen-bond donors (Lipinski definition) is 1. The highest BCUT2D eigenvalue weighted by Crippen LogP contribution is 2.29. The van der Waals surface area contributed by atoms with E-state index in [0.717, 1.165) is 16.2 Å². The number of nitro benzene ring substituents is 1. The van der Waals surface area contributed by atoms with Crippen LogP contribution in [-0.2, 0) is 16.6 Å². The van der Waals surface area contributed by atoms with Crippen LogP contribution in [-0.4, -0.2) is 36.5 Å². The second-order valence-electron chi connectivity index (χ2n) is 5.71. The summed E-state index contributed by atoms with van der Waals surface area (Å²) in [7, 11) is -3.52. The molecule has 0 spiro atoms. The van der Waals surface area contributed by atoms with E-state index in [0.29, 0.717) is 13.1 Å². The SMILES string of the molecule is CCN(CC)S(=O)(=O)c1ccc(CNc2ccc(C(C)=O)cc2[N+](=O)[O-])s1. The maximum Gasteiger partial charge on any atom is 0.293 e. The lowest BCUT2D eigenvalue weighted by atomic mass is 10.1. The van der Waals surface area contributed by atoms with Crippen LogP contribution in [0.1, 0.15) is 36.0 Å². The van der Waals surface area contributed by atoms with Crippen LogP contribution in [0.2, 0.25) is 0 Å². The van der Waals surface area contributed by atoms with Crippen molar-refractivity contribution >= 4 is 38.5 Å². The minimum Gasteiger partial charge on any atom is -0.375 e. The molecule has 10 heteroatoms. The molecule has 0 aliphatic heterocycles. The number of carbonyl (C=O) groups is 1. The quantitative estimate of drug-likeness (QED) is 0.384. The van der Waals surface area contributed by atoms with Gasteiger partial charge >= 0.3 is 0 Å². The van der Waals surface area contributed by atoms with E-state index < -0.39 is 14.9 Å². The third-order valence-corrected chi connectivity index (χ3v) is 7.59. The summed E-state index contributed by atoms with van der Waals surface area (Å²) < 4.78 is 26.7. The van der Waals surface area contributed by atoms with Gasteiger partial charge in [-0.25, -0.2) is 8.42 Å². The third-order valence-electron chi connectivity index (χ3n) is 3.99. The summed E-state index contributed by atoms with van der Waals surface area (Å²) in [5.41, 5.74) is 0.331. The van der Waals surface area contributed by atoms with Gasteiger partial charge < -0.3 is 5.32 Å². The van der Waals surface area contributed by atoms with Crippen molar-refractivity contribution < 1.29 is 18.1 Å². The van der Waals surface area contributed by atoms with E-state index in [1.54, 1.807) is 26.0 Å². The second kappa shape index (κ2) is 8.59. The topological polar surface area (TPSA) is 110 Å². The van der Waals surface area contributed by atoms with E-state index >= 15 is 0 Å². The molecule has 0 saturated carbocycles. The number of ketones is 1. The molecule has 1 aromatic heterocycles. The number of nitrogens with one attached hydrogen (secondary N) is 1. The van der Waals surface area contributed by atoms with Crippen LogP contribution in [0.25, 0.3) is 0 Å². The molecular weight excluding hydrogens is 390 g/mol. The van der Waals surface area contributed by atoms with Gasteiger partial charge in [-0.15, -0.1) is 11.3 Å². The number of thiophene rings is 1. The lowest BCUT2D eigenvalue weighted by Crippen LogP contribution is -2.29. The summed E-state index contributed by atoms with van der Waals surface area (Å²) in [5.74, 6) is -0.255. The first-order chi connectivity index (χ1) is 12.7. The van der Waals surface area contributed by atoms with Crippen molar-refractivity contribution in [1.82, 2.24) is 4.31 Å². The molecule has 2 rings (SSSR count). The fourth-order valence-electron chi connectivity index (χ4n) is 2.52. The zero-order valence-electron chi connectivity index (χ0n) is 15.3. The standard InChI is InChI=1S/C17H21N3O5S2/c1-4-19(5-2)27(24,25)17-9-7-14(26-17)11-18-15-8-6-13(12(3)21)10-16(15)20(22)23/h6-10,18H,4-5,11H2,1-3H3. The highest BCUT2D eigenvalue weighted by atomic mass is 32.2. The first-order valence-electron chi connectivity index (χ1n) is 8.32. The van der Waals surface area contributed by atoms with E-state index in [1.165, 1.54) is 29.4 Å². The summed E-state index contributed by atoms with van der Waals surface area (Å²) in [4.78, 5) is 22.8. The highest BCUT2D eigenvalue weighted by molar-refractivity contribution is 7.91. The summed E-state index contributed by atoms with van der Waals surface area (Å²) in [6.45, 7) is 5.91. The third kappa shape index (κ3) is 4.71. The zero-order valence-corrected chi connectivity index (χ0v) is 16.9. The smallest absolute Gasteiger partial charge is 0.293 e. The molecule has 0 fully saturated rings. The first-order valence-corrected chi connectivity index (χ1v) is 10.6. The van der Waals surface area contributed by atoms with Crippen LogP contribution in [0.4, 0.5) is 11.4 Å². The Kier molecular flexibility index (Phi) is 6.68. The normalized spacial score (nSPS) is 11.6. The predicted molar refractivity (Wildman–Crippen MR) is 105 cm³/mol. The average Bonchev–Trinajstić information content (AvgIpc) is 3.10. The molecule has 8 nitrogen and oxygen atoms in total. The van der Waals surface area contributed by atoms with Crippen molar-refractivity contribution in [3.05, 3.63) is 50.9 Å². The molecular formula is C17H21N3O5S2. The average molecular weight is 412 g/mol. The Morgan fingerprint density at radius 3 is 2.44 bits per heavy atom. The van der Waals surface area contributed by atoms with Gasteiger partial charge in [0.1, 0.15) is 9.90 Å². The molecule has 0 amide bonds.